The van der Waals surface area contributed by atoms with Crippen LogP contribution in [0, 0.1) is 0 Å². The maximum absolute atomic E-state index is 13.0. The van der Waals surface area contributed by atoms with Gasteiger partial charge in [-0.25, -0.2) is 8.78 Å². The normalized spacial score (nSPS) is 11.9. The van der Waals surface area contributed by atoms with E-state index in [1.807, 2.05) is 24.3 Å². The number of alkyl halides is 5. The number of para-hydroxylation sites is 1. The molecule has 36 heavy (non-hydrogen) atoms. The Morgan fingerprint density at radius 2 is 1.44 bits per heavy atom. The minimum atomic E-state index is -4.34. The van der Waals surface area contributed by atoms with Gasteiger partial charge in [-0.05, 0) is 48.6 Å². The van der Waals surface area contributed by atoms with Gasteiger partial charge < -0.3 is 5.32 Å². The standard InChI is InChI=1S/C28H34F5N3/c1-36-20-22(26(35-36)27(29)30)12-8-6-4-2-3-5-7-11-19-34-25-14-10-9-13-24(25)21-15-17-23(18-16-21)28(31,32)33/h9-10,13-18,20,27,34H,2-8,11-12,19H2,1H3. The Morgan fingerprint density at radius 3 is 2.08 bits per heavy atom. The van der Waals surface area contributed by atoms with Gasteiger partial charge in [0.2, 0.25) is 0 Å². The zero-order valence-electron chi connectivity index (χ0n) is 20.6. The fourth-order valence-electron chi connectivity index (χ4n) is 4.38. The van der Waals surface area contributed by atoms with Crippen molar-refractivity contribution in [1.82, 2.24) is 9.78 Å². The molecular formula is C28H34F5N3. The van der Waals surface area contributed by atoms with E-state index in [0.717, 1.165) is 86.9 Å². The predicted octanol–water partition coefficient (Wildman–Crippen LogP) is 8.82. The van der Waals surface area contributed by atoms with Crippen LogP contribution in [0.5, 0.6) is 0 Å². The molecule has 0 spiro atoms. The van der Waals surface area contributed by atoms with E-state index in [0.29, 0.717) is 12.0 Å². The van der Waals surface area contributed by atoms with Crippen molar-refractivity contribution in [1.29, 1.82) is 0 Å². The van der Waals surface area contributed by atoms with Crippen molar-refractivity contribution in [3.63, 3.8) is 0 Å². The van der Waals surface area contributed by atoms with Crippen LogP contribution < -0.4 is 5.32 Å². The monoisotopic (exact) mass is 507 g/mol. The number of unbranched alkanes of at least 4 members (excludes halogenated alkanes) is 7. The number of aryl methyl sites for hydroxylation is 2. The number of hydrogen-bond acceptors (Lipinski definition) is 2. The summed E-state index contributed by atoms with van der Waals surface area (Å²) in [5.74, 6) is 0. The summed E-state index contributed by atoms with van der Waals surface area (Å²) < 4.78 is 65.9. The van der Waals surface area contributed by atoms with E-state index in [-0.39, 0.29) is 5.69 Å². The topological polar surface area (TPSA) is 29.9 Å². The zero-order chi connectivity index (χ0) is 26.0. The Bertz CT molecular complexity index is 1060. The van der Waals surface area contributed by atoms with Gasteiger partial charge in [-0.2, -0.15) is 18.3 Å². The van der Waals surface area contributed by atoms with Crippen molar-refractivity contribution in [2.75, 3.05) is 11.9 Å². The van der Waals surface area contributed by atoms with Crippen LogP contribution in [-0.2, 0) is 19.6 Å². The van der Waals surface area contributed by atoms with Crippen LogP contribution in [0.25, 0.3) is 11.1 Å². The van der Waals surface area contributed by atoms with Crippen molar-refractivity contribution < 1.29 is 22.0 Å². The summed E-state index contributed by atoms with van der Waals surface area (Å²) in [5, 5.41) is 7.27. The van der Waals surface area contributed by atoms with Crippen LogP contribution in [0.15, 0.2) is 54.7 Å². The maximum atomic E-state index is 13.0. The van der Waals surface area contributed by atoms with E-state index < -0.39 is 18.2 Å². The molecule has 0 saturated heterocycles. The lowest BCUT2D eigenvalue weighted by molar-refractivity contribution is -0.137. The van der Waals surface area contributed by atoms with Crippen LogP contribution in [0.2, 0.25) is 0 Å². The van der Waals surface area contributed by atoms with Crippen LogP contribution in [0.1, 0.15) is 74.6 Å². The van der Waals surface area contributed by atoms with Crippen LogP contribution in [0.3, 0.4) is 0 Å². The lowest BCUT2D eigenvalue weighted by atomic mass is 10.0. The molecule has 8 heteroatoms. The van der Waals surface area contributed by atoms with E-state index in [2.05, 4.69) is 10.4 Å². The van der Waals surface area contributed by atoms with Gasteiger partial charge in [-0.15, -0.1) is 0 Å². The van der Waals surface area contributed by atoms with Gasteiger partial charge in [0.15, 0.2) is 0 Å². The Balaban J connectivity index is 1.29. The third-order valence-electron chi connectivity index (χ3n) is 6.28. The van der Waals surface area contributed by atoms with Gasteiger partial charge in [0.25, 0.3) is 6.43 Å². The summed E-state index contributed by atoms with van der Waals surface area (Å²) in [4.78, 5) is 0. The first-order chi connectivity index (χ1) is 17.3. The summed E-state index contributed by atoms with van der Waals surface area (Å²) in [6, 6.07) is 12.9. The molecule has 0 radical (unpaired) electrons. The molecule has 0 unspecified atom stereocenters. The molecule has 1 heterocycles. The first-order valence-corrected chi connectivity index (χ1v) is 12.6. The third-order valence-corrected chi connectivity index (χ3v) is 6.28. The van der Waals surface area contributed by atoms with Crippen LogP contribution in [-0.4, -0.2) is 16.3 Å². The molecule has 0 aliphatic carbocycles. The number of nitrogens with one attached hydrogen (secondary N) is 1. The molecule has 2 aromatic carbocycles. The number of aromatic nitrogens is 2. The van der Waals surface area contributed by atoms with E-state index in [1.54, 1.807) is 13.2 Å². The van der Waals surface area contributed by atoms with Gasteiger partial charge in [0.05, 0.1) is 5.56 Å². The molecule has 1 aromatic heterocycles. The smallest absolute Gasteiger partial charge is 0.385 e. The molecular weight excluding hydrogens is 473 g/mol. The molecule has 0 aliphatic heterocycles. The third kappa shape index (κ3) is 8.35. The second kappa shape index (κ2) is 13.4. The molecule has 1 N–H and O–H groups in total. The number of benzene rings is 2. The summed E-state index contributed by atoms with van der Waals surface area (Å²) in [6.45, 7) is 0.801. The first kappa shape index (κ1) is 27.7. The summed E-state index contributed by atoms with van der Waals surface area (Å²) in [7, 11) is 1.67. The summed E-state index contributed by atoms with van der Waals surface area (Å²) >= 11 is 0. The Kier molecular flexibility index (Phi) is 10.3. The van der Waals surface area contributed by atoms with Crippen molar-refractivity contribution >= 4 is 5.69 Å². The van der Waals surface area contributed by atoms with Gasteiger partial charge >= 0.3 is 6.18 Å². The number of anilines is 1. The van der Waals surface area contributed by atoms with Crippen molar-refractivity contribution in [3.8, 4) is 11.1 Å². The lowest BCUT2D eigenvalue weighted by Gasteiger charge is -2.13. The second-order valence-corrected chi connectivity index (χ2v) is 9.14. The molecule has 0 bridgehead atoms. The second-order valence-electron chi connectivity index (χ2n) is 9.14. The highest BCUT2D eigenvalue weighted by molar-refractivity contribution is 5.77. The van der Waals surface area contributed by atoms with E-state index in [1.165, 1.54) is 16.8 Å². The zero-order valence-corrected chi connectivity index (χ0v) is 20.6. The molecule has 0 atom stereocenters. The first-order valence-electron chi connectivity index (χ1n) is 12.6. The van der Waals surface area contributed by atoms with Crippen molar-refractivity contribution in [2.45, 2.75) is 70.4 Å². The minimum Gasteiger partial charge on any atom is -0.385 e. The van der Waals surface area contributed by atoms with E-state index in [4.69, 9.17) is 0 Å². The Labute approximate surface area is 209 Å². The van der Waals surface area contributed by atoms with Gasteiger partial charge in [0, 0.05) is 31.0 Å². The number of rotatable bonds is 14. The molecule has 0 amide bonds. The number of halogens is 5. The highest BCUT2D eigenvalue weighted by Gasteiger charge is 2.30. The number of hydrogen-bond donors (Lipinski definition) is 1. The van der Waals surface area contributed by atoms with Crippen LogP contribution >= 0.6 is 0 Å². The Morgan fingerprint density at radius 1 is 0.833 bits per heavy atom. The molecule has 3 rings (SSSR count). The van der Waals surface area contributed by atoms with Crippen molar-refractivity contribution in [2.24, 2.45) is 7.05 Å². The predicted molar refractivity (Wildman–Crippen MR) is 134 cm³/mol. The molecule has 196 valence electrons. The average Bonchev–Trinajstić information content (AvgIpc) is 3.23. The Hall–Kier alpha value is -2.90. The SMILES string of the molecule is Cn1cc(CCCCCCCCCCNc2ccccc2-c2ccc(C(F)(F)F)cc2)c(C(F)F)n1. The fraction of sp³-hybridized carbons (Fsp3) is 0.464. The fourth-order valence-corrected chi connectivity index (χ4v) is 4.38. The highest BCUT2D eigenvalue weighted by Crippen LogP contribution is 2.33. The molecule has 3 nitrogen and oxygen atoms in total. The summed E-state index contributed by atoms with van der Waals surface area (Å²) in [6.07, 6.45) is 4.05. The largest absolute Gasteiger partial charge is 0.416 e. The van der Waals surface area contributed by atoms with Gasteiger partial charge in [-0.1, -0.05) is 68.9 Å². The van der Waals surface area contributed by atoms with E-state index in [9.17, 15) is 22.0 Å². The minimum absolute atomic E-state index is 0.0897. The molecule has 3 aromatic rings. The van der Waals surface area contributed by atoms with Crippen LogP contribution in [0.4, 0.5) is 27.6 Å². The van der Waals surface area contributed by atoms with Crippen molar-refractivity contribution in [3.05, 3.63) is 71.5 Å². The highest BCUT2D eigenvalue weighted by atomic mass is 19.4. The van der Waals surface area contributed by atoms with E-state index >= 15 is 0 Å². The molecule has 0 fully saturated rings. The van der Waals surface area contributed by atoms with Gasteiger partial charge in [-0.3, -0.25) is 4.68 Å². The number of nitrogens with zero attached hydrogens (tertiary/aromatic N) is 2. The average molecular weight is 508 g/mol. The maximum Gasteiger partial charge on any atom is 0.416 e. The quantitative estimate of drug-likeness (QED) is 0.174. The summed E-state index contributed by atoms with van der Waals surface area (Å²) in [5.41, 5.74) is 2.47. The molecule has 0 saturated carbocycles. The lowest BCUT2D eigenvalue weighted by Crippen LogP contribution is -2.05. The molecule has 0 aliphatic rings. The van der Waals surface area contributed by atoms with Gasteiger partial charge in [0.1, 0.15) is 5.69 Å².